The van der Waals surface area contributed by atoms with Crippen molar-refractivity contribution in [3.8, 4) is 0 Å². The first-order valence-electron chi connectivity index (χ1n) is 6.28. The Bertz CT molecular complexity index is 424. The van der Waals surface area contributed by atoms with Crippen LogP contribution in [0.4, 0.5) is 4.39 Å². The number of hydrogen-bond acceptors (Lipinski definition) is 2. The summed E-state index contributed by atoms with van der Waals surface area (Å²) < 4.78 is 12.7. The van der Waals surface area contributed by atoms with E-state index in [1.165, 1.54) is 12.1 Å². The van der Waals surface area contributed by atoms with Gasteiger partial charge in [-0.15, -0.1) is 0 Å². The summed E-state index contributed by atoms with van der Waals surface area (Å²) in [4.78, 5) is 12.1. The van der Waals surface area contributed by atoms with E-state index in [0.717, 1.165) is 18.4 Å². The Morgan fingerprint density at radius 3 is 2.56 bits per heavy atom. The molecule has 0 atom stereocenters. The number of hydrogen-bond donors (Lipinski definition) is 2. The molecule has 0 unspecified atom stereocenters. The van der Waals surface area contributed by atoms with Gasteiger partial charge in [-0.05, 0) is 36.5 Å². The molecule has 1 fully saturated rings. The molecule has 0 radical (unpaired) electrons. The highest BCUT2D eigenvalue weighted by Crippen LogP contribution is 2.44. The van der Waals surface area contributed by atoms with Crippen LogP contribution in [0.1, 0.15) is 25.3 Å². The second-order valence-electron chi connectivity index (χ2n) is 5.31. The van der Waals surface area contributed by atoms with E-state index in [1.54, 1.807) is 12.1 Å². The zero-order valence-corrected chi connectivity index (χ0v) is 10.6. The minimum Gasteiger partial charge on any atom is -0.352 e. The summed E-state index contributed by atoms with van der Waals surface area (Å²) in [7, 11) is 0. The Morgan fingerprint density at radius 1 is 1.44 bits per heavy atom. The zero-order valence-electron chi connectivity index (χ0n) is 10.6. The molecule has 98 valence electrons. The van der Waals surface area contributed by atoms with Crippen molar-refractivity contribution in [1.82, 2.24) is 5.32 Å². The van der Waals surface area contributed by atoms with E-state index in [0.29, 0.717) is 19.0 Å². The molecular weight excluding hydrogens is 231 g/mol. The van der Waals surface area contributed by atoms with Crippen LogP contribution in [0.2, 0.25) is 0 Å². The standard InChI is InChI=1S/C14H19FN2O/c1-10-6-14(7-10,9-16)13(18)17-8-11-2-4-12(15)5-3-11/h2-5,10H,6-9,16H2,1H3,(H,17,18). The Morgan fingerprint density at radius 2 is 2.06 bits per heavy atom. The molecule has 0 aromatic heterocycles. The predicted molar refractivity (Wildman–Crippen MR) is 68.1 cm³/mol. The smallest absolute Gasteiger partial charge is 0.227 e. The zero-order chi connectivity index (χ0) is 13.2. The van der Waals surface area contributed by atoms with Crippen molar-refractivity contribution in [3.63, 3.8) is 0 Å². The Kier molecular flexibility index (Phi) is 3.66. The third kappa shape index (κ3) is 2.53. The molecule has 3 nitrogen and oxygen atoms in total. The molecule has 1 aromatic rings. The second kappa shape index (κ2) is 5.06. The molecular formula is C14H19FN2O. The molecule has 18 heavy (non-hydrogen) atoms. The topological polar surface area (TPSA) is 55.1 Å². The number of nitrogens with one attached hydrogen (secondary N) is 1. The van der Waals surface area contributed by atoms with Crippen molar-refractivity contribution in [2.45, 2.75) is 26.3 Å². The van der Waals surface area contributed by atoms with Gasteiger partial charge in [-0.2, -0.15) is 0 Å². The number of amides is 1. The third-order valence-electron chi connectivity index (χ3n) is 3.72. The van der Waals surface area contributed by atoms with Crippen LogP contribution in [0.5, 0.6) is 0 Å². The molecule has 1 aromatic carbocycles. The van der Waals surface area contributed by atoms with Gasteiger partial charge in [-0.3, -0.25) is 4.79 Å². The molecule has 0 spiro atoms. The van der Waals surface area contributed by atoms with Gasteiger partial charge in [-0.1, -0.05) is 19.1 Å². The fourth-order valence-corrected chi connectivity index (χ4v) is 2.69. The van der Waals surface area contributed by atoms with Gasteiger partial charge in [0, 0.05) is 13.1 Å². The summed E-state index contributed by atoms with van der Waals surface area (Å²) in [5.41, 5.74) is 6.23. The molecule has 1 amide bonds. The lowest BCUT2D eigenvalue weighted by molar-refractivity contribution is -0.138. The maximum Gasteiger partial charge on any atom is 0.227 e. The van der Waals surface area contributed by atoms with Crippen LogP contribution in [-0.4, -0.2) is 12.5 Å². The Labute approximate surface area is 107 Å². The monoisotopic (exact) mass is 250 g/mol. The average molecular weight is 250 g/mol. The number of rotatable bonds is 4. The minimum absolute atomic E-state index is 0.0208. The molecule has 1 saturated carbocycles. The normalized spacial score (nSPS) is 26.5. The van der Waals surface area contributed by atoms with E-state index in [-0.39, 0.29) is 17.1 Å². The number of carbonyl (C=O) groups is 1. The molecule has 0 aliphatic heterocycles. The minimum atomic E-state index is -0.376. The first-order chi connectivity index (χ1) is 8.55. The van der Waals surface area contributed by atoms with Crippen LogP contribution >= 0.6 is 0 Å². The molecule has 0 heterocycles. The van der Waals surface area contributed by atoms with Gasteiger partial charge in [0.1, 0.15) is 5.82 Å². The molecule has 1 aliphatic rings. The molecule has 1 aliphatic carbocycles. The van der Waals surface area contributed by atoms with Crippen molar-refractivity contribution in [1.29, 1.82) is 0 Å². The van der Waals surface area contributed by atoms with Crippen molar-refractivity contribution in [2.24, 2.45) is 17.1 Å². The molecule has 0 saturated heterocycles. The van der Waals surface area contributed by atoms with Crippen molar-refractivity contribution in [2.75, 3.05) is 6.54 Å². The maximum atomic E-state index is 12.7. The van der Waals surface area contributed by atoms with Crippen LogP contribution in [0.25, 0.3) is 0 Å². The summed E-state index contributed by atoms with van der Waals surface area (Å²) in [5, 5.41) is 2.89. The van der Waals surface area contributed by atoms with Crippen LogP contribution in [0.15, 0.2) is 24.3 Å². The van der Waals surface area contributed by atoms with E-state index in [4.69, 9.17) is 5.73 Å². The highest BCUT2D eigenvalue weighted by atomic mass is 19.1. The fourth-order valence-electron chi connectivity index (χ4n) is 2.69. The van der Waals surface area contributed by atoms with E-state index in [2.05, 4.69) is 12.2 Å². The number of nitrogens with two attached hydrogens (primary N) is 1. The van der Waals surface area contributed by atoms with Gasteiger partial charge >= 0.3 is 0 Å². The molecule has 4 heteroatoms. The van der Waals surface area contributed by atoms with Crippen molar-refractivity contribution < 1.29 is 9.18 Å². The summed E-state index contributed by atoms with van der Waals surface area (Å²) in [6, 6.07) is 6.14. The predicted octanol–water partition coefficient (Wildman–Crippen LogP) is 1.82. The van der Waals surface area contributed by atoms with E-state index >= 15 is 0 Å². The highest BCUT2D eigenvalue weighted by Gasteiger charge is 2.46. The second-order valence-corrected chi connectivity index (χ2v) is 5.31. The van der Waals surface area contributed by atoms with Gasteiger partial charge in [0.25, 0.3) is 0 Å². The van der Waals surface area contributed by atoms with E-state index in [9.17, 15) is 9.18 Å². The van der Waals surface area contributed by atoms with E-state index in [1.807, 2.05) is 0 Å². The van der Waals surface area contributed by atoms with Crippen molar-refractivity contribution in [3.05, 3.63) is 35.6 Å². The first kappa shape index (κ1) is 13.0. The fraction of sp³-hybridized carbons (Fsp3) is 0.500. The van der Waals surface area contributed by atoms with Crippen LogP contribution in [0.3, 0.4) is 0 Å². The van der Waals surface area contributed by atoms with Gasteiger partial charge in [-0.25, -0.2) is 4.39 Å². The van der Waals surface area contributed by atoms with Crippen molar-refractivity contribution >= 4 is 5.91 Å². The number of carbonyl (C=O) groups excluding carboxylic acids is 1. The third-order valence-corrected chi connectivity index (χ3v) is 3.72. The SMILES string of the molecule is CC1CC(CN)(C(=O)NCc2ccc(F)cc2)C1. The first-order valence-corrected chi connectivity index (χ1v) is 6.28. The quantitative estimate of drug-likeness (QED) is 0.856. The summed E-state index contributed by atoms with van der Waals surface area (Å²) >= 11 is 0. The van der Waals surface area contributed by atoms with Crippen LogP contribution in [0, 0.1) is 17.2 Å². The van der Waals surface area contributed by atoms with Gasteiger partial charge in [0.2, 0.25) is 5.91 Å². The average Bonchev–Trinajstić information content (AvgIpc) is 2.33. The Hall–Kier alpha value is -1.42. The summed E-state index contributed by atoms with van der Waals surface area (Å²) in [6.45, 7) is 2.95. The molecule has 0 bridgehead atoms. The maximum absolute atomic E-state index is 12.7. The molecule has 2 rings (SSSR count). The lowest BCUT2D eigenvalue weighted by Gasteiger charge is -2.44. The van der Waals surface area contributed by atoms with Crippen LogP contribution in [-0.2, 0) is 11.3 Å². The molecule has 3 N–H and O–H groups in total. The largest absolute Gasteiger partial charge is 0.352 e. The van der Waals surface area contributed by atoms with Crippen LogP contribution < -0.4 is 11.1 Å². The highest BCUT2D eigenvalue weighted by molar-refractivity contribution is 5.83. The number of halogens is 1. The lowest BCUT2D eigenvalue weighted by atomic mass is 9.62. The number of benzene rings is 1. The summed E-state index contributed by atoms with van der Waals surface area (Å²) in [5.74, 6) is 0.328. The Balaban J connectivity index is 1.90. The van der Waals surface area contributed by atoms with Gasteiger partial charge in [0.05, 0.1) is 5.41 Å². The van der Waals surface area contributed by atoms with E-state index < -0.39 is 0 Å². The van der Waals surface area contributed by atoms with Gasteiger partial charge < -0.3 is 11.1 Å². The lowest BCUT2D eigenvalue weighted by Crippen LogP contribution is -2.53. The van der Waals surface area contributed by atoms with Gasteiger partial charge in [0.15, 0.2) is 0 Å². The summed E-state index contributed by atoms with van der Waals surface area (Å²) in [6.07, 6.45) is 1.72.